The van der Waals surface area contributed by atoms with Gasteiger partial charge in [-0.3, -0.25) is 9.69 Å². The number of aliphatic hydroxyl groups excluding tert-OH is 1. The number of nitrogens with one attached hydrogen (secondary N) is 2. The van der Waals surface area contributed by atoms with Gasteiger partial charge in [0.15, 0.2) is 0 Å². The van der Waals surface area contributed by atoms with Crippen LogP contribution >= 0.6 is 23.2 Å². The van der Waals surface area contributed by atoms with Crippen molar-refractivity contribution in [1.82, 2.24) is 20.2 Å². The molecule has 4 rings (SSSR count). The highest BCUT2D eigenvalue weighted by atomic mass is 35.5. The number of amides is 1. The zero-order valence-electron chi connectivity index (χ0n) is 18.2. The van der Waals surface area contributed by atoms with E-state index in [0.29, 0.717) is 52.0 Å². The first-order valence-electron chi connectivity index (χ1n) is 10.5. The number of hydrogen-bond donors (Lipinski definition) is 3. The highest BCUT2D eigenvalue weighted by Crippen LogP contribution is 2.29. The standard InChI is InChI=1S/C23H24Cl2N4O4/c1-12-13(23(32)33-2)6-7-17-20(12)28-19(27-17)10-26-22(31)21-18(30)8-9-29(21)11-14-15(24)4-3-5-16(14)25/h3-7,18,21,30H,8-11H2,1-2H3,(H,26,31)(H,27,28). The van der Waals surface area contributed by atoms with E-state index in [4.69, 9.17) is 27.9 Å². The molecule has 2 atom stereocenters. The predicted octanol–water partition coefficient (Wildman–Crippen LogP) is 3.22. The molecule has 2 aromatic carbocycles. The van der Waals surface area contributed by atoms with Gasteiger partial charge in [0, 0.05) is 28.7 Å². The van der Waals surface area contributed by atoms with E-state index in [1.807, 2.05) is 4.90 Å². The van der Waals surface area contributed by atoms with E-state index in [2.05, 4.69) is 15.3 Å². The minimum absolute atomic E-state index is 0.143. The van der Waals surface area contributed by atoms with Crippen molar-refractivity contribution in [3.8, 4) is 0 Å². The predicted molar refractivity (Wildman–Crippen MR) is 125 cm³/mol. The number of likely N-dealkylation sites (tertiary alicyclic amines) is 1. The Hall–Kier alpha value is -2.65. The van der Waals surface area contributed by atoms with Crippen LogP contribution in [0.15, 0.2) is 30.3 Å². The van der Waals surface area contributed by atoms with Crippen molar-refractivity contribution in [1.29, 1.82) is 0 Å². The number of aromatic nitrogens is 2. The van der Waals surface area contributed by atoms with E-state index < -0.39 is 18.1 Å². The van der Waals surface area contributed by atoms with Gasteiger partial charge in [-0.2, -0.15) is 0 Å². The normalized spacial score (nSPS) is 18.6. The van der Waals surface area contributed by atoms with Gasteiger partial charge in [-0.15, -0.1) is 0 Å². The number of nitrogens with zero attached hydrogens (tertiary/aromatic N) is 2. The van der Waals surface area contributed by atoms with Crippen LogP contribution < -0.4 is 5.32 Å². The summed E-state index contributed by atoms with van der Waals surface area (Å²) in [6, 6.07) is 7.97. The van der Waals surface area contributed by atoms with Crippen LogP contribution in [0.5, 0.6) is 0 Å². The summed E-state index contributed by atoms with van der Waals surface area (Å²) in [5, 5.41) is 14.4. The molecule has 8 nitrogen and oxygen atoms in total. The minimum Gasteiger partial charge on any atom is -0.465 e. The van der Waals surface area contributed by atoms with Crippen LogP contribution in [0, 0.1) is 6.92 Å². The number of carbonyl (C=O) groups excluding carboxylic acids is 2. The van der Waals surface area contributed by atoms with Crippen molar-refractivity contribution < 1.29 is 19.4 Å². The third kappa shape index (κ3) is 4.70. The molecule has 0 radical (unpaired) electrons. The Morgan fingerprint density at radius 3 is 2.70 bits per heavy atom. The molecule has 2 unspecified atom stereocenters. The van der Waals surface area contributed by atoms with Crippen LogP contribution in [-0.2, 0) is 22.6 Å². The molecule has 10 heteroatoms. The number of esters is 1. The number of methoxy groups -OCH3 is 1. The fraction of sp³-hybridized carbons (Fsp3) is 0.348. The van der Waals surface area contributed by atoms with Gasteiger partial charge < -0.3 is 20.1 Å². The van der Waals surface area contributed by atoms with Crippen molar-refractivity contribution >= 4 is 46.1 Å². The van der Waals surface area contributed by atoms with E-state index in [-0.39, 0.29) is 12.5 Å². The van der Waals surface area contributed by atoms with Gasteiger partial charge >= 0.3 is 5.97 Å². The SMILES string of the molecule is COC(=O)c1ccc2[nH]c(CNC(=O)C3C(O)CCN3Cc3c(Cl)cccc3Cl)nc2c1C. The molecule has 1 fully saturated rings. The highest BCUT2D eigenvalue weighted by Gasteiger charge is 2.38. The maximum Gasteiger partial charge on any atom is 0.338 e. The Morgan fingerprint density at radius 1 is 1.27 bits per heavy atom. The molecule has 0 saturated carbocycles. The van der Waals surface area contributed by atoms with Gasteiger partial charge in [-0.05, 0) is 43.2 Å². The van der Waals surface area contributed by atoms with E-state index >= 15 is 0 Å². The molecule has 0 bridgehead atoms. The van der Waals surface area contributed by atoms with Gasteiger partial charge in [0.1, 0.15) is 11.9 Å². The quantitative estimate of drug-likeness (QED) is 0.457. The second kappa shape index (κ2) is 9.69. The fourth-order valence-electron chi connectivity index (χ4n) is 4.20. The van der Waals surface area contributed by atoms with Gasteiger partial charge in [-0.1, -0.05) is 29.3 Å². The summed E-state index contributed by atoms with van der Waals surface area (Å²) in [5.74, 6) is -0.201. The zero-order chi connectivity index (χ0) is 23.7. The van der Waals surface area contributed by atoms with Crippen LogP contribution in [-0.4, -0.2) is 57.7 Å². The largest absolute Gasteiger partial charge is 0.465 e. The Morgan fingerprint density at radius 2 is 2.00 bits per heavy atom. The van der Waals surface area contributed by atoms with E-state index in [1.54, 1.807) is 37.3 Å². The topological polar surface area (TPSA) is 108 Å². The molecule has 0 spiro atoms. The lowest BCUT2D eigenvalue weighted by Gasteiger charge is -2.26. The van der Waals surface area contributed by atoms with E-state index in [0.717, 1.165) is 11.1 Å². The first-order valence-corrected chi connectivity index (χ1v) is 11.2. The molecule has 3 N–H and O–H groups in total. The Kier molecular flexibility index (Phi) is 6.90. The molecule has 2 heterocycles. The maximum atomic E-state index is 13.0. The molecule has 0 aliphatic carbocycles. The number of H-pyrrole nitrogens is 1. The van der Waals surface area contributed by atoms with Crippen LogP contribution in [0.25, 0.3) is 11.0 Å². The smallest absolute Gasteiger partial charge is 0.338 e. The van der Waals surface area contributed by atoms with Crippen LogP contribution in [0.1, 0.15) is 33.7 Å². The number of aliphatic hydroxyl groups is 1. The summed E-state index contributed by atoms with van der Waals surface area (Å²) >= 11 is 12.6. The number of carbonyl (C=O) groups is 2. The van der Waals surface area contributed by atoms with Crippen molar-refractivity contribution in [2.75, 3.05) is 13.7 Å². The molecule has 1 aromatic heterocycles. The van der Waals surface area contributed by atoms with E-state index in [1.165, 1.54) is 7.11 Å². The monoisotopic (exact) mass is 490 g/mol. The summed E-state index contributed by atoms with van der Waals surface area (Å²) < 4.78 is 4.81. The summed E-state index contributed by atoms with van der Waals surface area (Å²) in [6.07, 6.45) is -0.327. The average molecular weight is 491 g/mol. The lowest BCUT2D eigenvalue weighted by molar-refractivity contribution is -0.128. The third-order valence-corrected chi connectivity index (χ3v) is 6.66. The number of imidazole rings is 1. The van der Waals surface area contributed by atoms with Gasteiger partial charge in [-0.25, -0.2) is 9.78 Å². The summed E-state index contributed by atoms with van der Waals surface area (Å²) in [6.45, 7) is 2.84. The molecule has 33 heavy (non-hydrogen) atoms. The van der Waals surface area contributed by atoms with Crippen LogP contribution in [0.3, 0.4) is 0 Å². The lowest BCUT2D eigenvalue weighted by Crippen LogP contribution is -2.47. The molecular formula is C23H24Cl2N4O4. The van der Waals surface area contributed by atoms with Crippen LogP contribution in [0.2, 0.25) is 10.0 Å². The summed E-state index contributed by atoms with van der Waals surface area (Å²) in [7, 11) is 1.33. The van der Waals surface area contributed by atoms with Crippen molar-refractivity contribution in [2.24, 2.45) is 0 Å². The van der Waals surface area contributed by atoms with Crippen LogP contribution in [0.4, 0.5) is 0 Å². The van der Waals surface area contributed by atoms with Crippen molar-refractivity contribution in [3.05, 3.63) is 62.9 Å². The highest BCUT2D eigenvalue weighted by molar-refractivity contribution is 6.36. The van der Waals surface area contributed by atoms with E-state index in [9.17, 15) is 14.7 Å². The number of halogens is 2. The molecular weight excluding hydrogens is 467 g/mol. The number of rotatable bonds is 6. The summed E-state index contributed by atoms with van der Waals surface area (Å²) in [4.78, 5) is 34.5. The number of ether oxygens (including phenoxy) is 1. The maximum absolute atomic E-state index is 13.0. The molecule has 1 amide bonds. The summed E-state index contributed by atoms with van der Waals surface area (Å²) in [5.41, 5.74) is 3.25. The number of benzene rings is 2. The Labute approximate surface area is 200 Å². The van der Waals surface area contributed by atoms with Crippen molar-refractivity contribution in [3.63, 3.8) is 0 Å². The first-order chi connectivity index (χ1) is 15.8. The fourth-order valence-corrected chi connectivity index (χ4v) is 4.71. The third-order valence-electron chi connectivity index (χ3n) is 5.95. The second-order valence-corrected chi connectivity index (χ2v) is 8.81. The van der Waals surface area contributed by atoms with Gasteiger partial charge in [0.2, 0.25) is 5.91 Å². The molecule has 1 aliphatic heterocycles. The van der Waals surface area contributed by atoms with Crippen molar-refractivity contribution in [2.45, 2.75) is 38.6 Å². The lowest BCUT2D eigenvalue weighted by atomic mass is 10.1. The number of aryl methyl sites for hydroxylation is 1. The Bertz CT molecular complexity index is 1190. The molecule has 174 valence electrons. The Balaban J connectivity index is 1.47. The zero-order valence-corrected chi connectivity index (χ0v) is 19.7. The number of aromatic amines is 1. The van der Waals surface area contributed by atoms with Gasteiger partial charge in [0.05, 0.1) is 36.4 Å². The van der Waals surface area contributed by atoms with Gasteiger partial charge in [0.25, 0.3) is 0 Å². The first kappa shape index (κ1) is 23.5. The average Bonchev–Trinajstić information content (AvgIpc) is 3.38. The molecule has 1 aliphatic rings. The number of hydrogen-bond acceptors (Lipinski definition) is 6. The second-order valence-electron chi connectivity index (χ2n) is 8.00. The molecule has 3 aromatic rings. The molecule has 1 saturated heterocycles. The minimum atomic E-state index is -0.799. The number of fused-ring (bicyclic) bond motifs is 1.